The minimum absolute atomic E-state index is 0.730. The van der Waals surface area contributed by atoms with Crippen molar-refractivity contribution in [1.82, 2.24) is 4.98 Å². The highest BCUT2D eigenvalue weighted by Gasteiger charge is 2.27. The van der Waals surface area contributed by atoms with Crippen molar-refractivity contribution in [1.29, 1.82) is 0 Å². The van der Waals surface area contributed by atoms with Crippen LogP contribution >= 0.6 is 0 Å². The van der Waals surface area contributed by atoms with Crippen molar-refractivity contribution in [3.05, 3.63) is 17.8 Å². The summed E-state index contributed by atoms with van der Waals surface area (Å²) in [5, 5.41) is 3.39. The number of anilines is 2. The van der Waals surface area contributed by atoms with E-state index in [-0.39, 0.29) is 0 Å². The first-order valence-corrected chi connectivity index (χ1v) is 5.63. The Morgan fingerprint density at radius 2 is 2.33 bits per heavy atom. The van der Waals surface area contributed by atoms with E-state index in [1.807, 2.05) is 13.0 Å². The normalized spacial score (nSPS) is 17.5. The largest absolute Gasteiger partial charge is 0.397 e. The minimum atomic E-state index is 0.730. The van der Waals surface area contributed by atoms with E-state index in [2.05, 4.69) is 17.2 Å². The van der Waals surface area contributed by atoms with E-state index in [1.54, 1.807) is 6.20 Å². The van der Waals surface area contributed by atoms with Crippen LogP contribution in [0.5, 0.6) is 0 Å². The first kappa shape index (κ1) is 10.3. The maximum absolute atomic E-state index is 5.65. The summed E-state index contributed by atoms with van der Waals surface area (Å²) in [6.45, 7) is 5.35. The maximum Gasteiger partial charge on any atom is 0.129 e. The van der Waals surface area contributed by atoms with Gasteiger partial charge in [0.25, 0.3) is 0 Å². The number of rotatable bonds is 4. The number of nitrogens with two attached hydrogens (primary N) is 1. The van der Waals surface area contributed by atoms with Gasteiger partial charge in [-0.15, -0.1) is 0 Å². The van der Waals surface area contributed by atoms with Gasteiger partial charge in [-0.2, -0.15) is 0 Å². The van der Waals surface area contributed by atoms with Gasteiger partial charge < -0.3 is 11.1 Å². The number of hydrogen-bond donors (Lipinski definition) is 2. The number of aromatic nitrogens is 1. The second-order valence-corrected chi connectivity index (χ2v) is 4.63. The summed E-state index contributed by atoms with van der Waals surface area (Å²) < 4.78 is 0. The lowest BCUT2D eigenvalue weighted by Crippen LogP contribution is -2.14. The fraction of sp³-hybridized carbons (Fsp3) is 0.583. The Kier molecular flexibility index (Phi) is 2.80. The molecule has 0 bridgehead atoms. The van der Waals surface area contributed by atoms with Crippen molar-refractivity contribution in [2.45, 2.75) is 26.7 Å². The van der Waals surface area contributed by atoms with E-state index < -0.39 is 0 Å². The standard InChI is InChI=1S/C12H19N3/c1-8-5-11(13)7-15-12(8)14-6-9(2)10-3-4-10/h5,7,9-10H,3-4,6,13H2,1-2H3,(H,14,15). The molecule has 0 saturated heterocycles. The van der Waals surface area contributed by atoms with Crippen molar-refractivity contribution in [3.63, 3.8) is 0 Å². The van der Waals surface area contributed by atoms with Gasteiger partial charge in [0.15, 0.2) is 0 Å². The molecule has 0 spiro atoms. The number of nitrogens with zero attached hydrogens (tertiary/aromatic N) is 1. The van der Waals surface area contributed by atoms with Gasteiger partial charge >= 0.3 is 0 Å². The molecule has 1 atom stereocenters. The Labute approximate surface area is 91.1 Å². The van der Waals surface area contributed by atoms with Crippen LogP contribution in [0.1, 0.15) is 25.3 Å². The summed E-state index contributed by atoms with van der Waals surface area (Å²) >= 11 is 0. The SMILES string of the molecule is Cc1cc(N)cnc1NCC(C)C1CC1. The third kappa shape index (κ3) is 2.61. The van der Waals surface area contributed by atoms with Crippen molar-refractivity contribution >= 4 is 11.5 Å². The van der Waals surface area contributed by atoms with Gasteiger partial charge in [-0.3, -0.25) is 0 Å². The Morgan fingerprint density at radius 3 is 2.93 bits per heavy atom. The average Bonchev–Trinajstić information content (AvgIpc) is 2.99. The number of hydrogen-bond acceptors (Lipinski definition) is 3. The van der Waals surface area contributed by atoms with Gasteiger partial charge in [0.2, 0.25) is 0 Å². The third-order valence-corrected chi connectivity index (χ3v) is 3.12. The highest BCUT2D eigenvalue weighted by molar-refractivity contribution is 5.50. The minimum Gasteiger partial charge on any atom is -0.397 e. The van der Waals surface area contributed by atoms with E-state index in [0.717, 1.165) is 35.4 Å². The Bertz CT molecular complexity index is 345. The molecule has 1 aromatic rings. The average molecular weight is 205 g/mol. The molecule has 0 radical (unpaired) electrons. The van der Waals surface area contributed by atoms with Gasteiger partial charge in [0, 0.05) is 6.54 Å². The van der Waals surface area contributed by atoms with Crippen molar-refractivity contribution in [2.75, 3.05) is 17.6 Å². The van der Waals surface area contributed by atoms with E-state index in [0.29, 0.717) is 0 Å². The molecule has 1 aliphatic rings. The molecular weight excluding hydrogens is 186 g/mol. The highest BCUT2D eigenvalue weighted by Crippen LogP contribution is 2.36. The molecule has 15 heavy (non-hydrogen) atoms. The number of nitrogen functional groups attached to an aromatic ring is 1. The monoisotopic (exact) mass is 205 g/mol. The molecule has 0 amide bonds. The van der Waals surface area contributed by atoms with Crippen LogP contribution in [-0.2, 0) is 0 Å². The predicted octanol–water partition coefficient (Wildman–Crippen LogP) is 2.43. The van der Waals surface area contributed by atoms with Gasteiger partial charge in [0.1, 0.15) is 5.82 Å². The second kappa shape index (κ2) is 4.09. The van der Waals surface area contributed by atoms with Crippen LogP contribution in [0.25, 0.3) is 0 Å². The quantitative estimate of drug-likeness (QED) is 0.793. The Balaban J connectivity index is 1.92. The van der Waals surface area contributed by atoms with Crippen LogP contribution < -0.4 is 11.1 Å². The van der Waals surface area contributed by atoms with Gasteiger partial charge in [-0.05, 0) is 43.2 Å². The van der Waals surface area contributed by atoms with Crippen LogP contribution in [0.15, 0.2) is 12.3 Å². The van der Waals surface area contributed by atoms with Gasteiger partial charge in [-0.25, -0.2) is 4.98 Å². The summed E-state index contributed by atoms with van der Waals surface area (Å²) in [6.07, 6.45) is 4.51. The Morgan fingerprint density at radius 1 is 1.60 bits per heavy atom. The molecule has 1 aromatic heterocycles. The molecule has 1 fully saturated rings. The summed E-state index contributed by atoms with van der Waals surface area (Å²) in [7, 11) is 0. The zero-order valence-corrected chi connectivity index (χ0v) is 9.46. The zero-order chi connectivity index (χ0) is 10.8. The number of aryl methyl sites for hydroxylation is 1. The van der Waals surface area contributed by atoms with E-state index >= 15 is 0 Å². The second-order valence-electron chi connectivity index (χ2n) is 4.63. The fourth-order valence-electron chi connectivity index (χ4n) is 1.87. The van der Waals surface area contributed by atoms with Crippen molar-refractivity contribution in [2.24, 2.45) is 11.8 Å². The van der Waals surface area contributed by atoms with Crippen LogP contribution in [0.4, 0.5) is 11.5 Å². The topological polar surface area (TPSA) is 50.9 Å². The maximum atomic E-state index is 5.65. The van der Waals surface area contributed by atoms with Gasteiger partial charge in [-0.1, -0.05) is 6.92 Å². The Hall–Kier alpha value is -1.25. The molecule has 3 N–H and O–H groups in total. The molecular formula is C12H19N3. The van der Waals surface area contributed by atoms with Crippen molar-refractivity contribution in [3.8, 4) is 0 Å². The summed E-state index contributed by atoms with van der Waals surface area (Å²) in [6, 6.07) is 1.96. The highest BCUT2D eigenvalue weighted by atomic mass is 15.0. The smallest absolute Gasteiger partial charge is 0.129 e. The molecule has 0 aliphatic heterocycles. The molecule has 0 aromatic carbocycles. The lowest BCUT2D eigenvalue weighted by atomic mass is 10.1. The van der Waals surface area contributed by atoms with Crippen molar-refractivity contribution < 1.29 is 0 Å². The first-order chi connectivity index (χ1) is 7.16. The number of pyridine rings is 1. The first-order valence-electron chi connectivity index (χ1n) is 5.63. The summed E-state index contributed by atoms with van der Waals surface area (Å²) in [5.41, 5.74) is 7.50. The fourth-order valence-corrected chi connectivity index (χ4v) is 1.87. The van der Waals surface area contributed by atoms with Crippen LogP contribution in [-0.4, -0.2) is 11.5 Å². The predicted molar refractivity (Wildman–Crippen MR) is 63.8 cm³/mol. The van der Waals surface area contributed by atoms with Crippen LogP contribution in [0, 0.1) is 18.8 Å². The van der Waals surface area contributed by atoms with Gasteiger partial charge in [0.05, 0.1) is 11.9 Å². The molecule has 82 valence electrons. The molecule has 1 heterocycles. The van der Waals surface area contributed by atoms with E-state index in [9.17, 15) is 0 Å². The molecule has 2 rings (SSSR count). The summed E-state index contributed by atoms with van der Waals surface area (Å²) in [5.74, 6) is 2.66. The molecule has 3 heteroatoms. The molecule has 1 aliphatic carbocycles. The number of nitrogens with one attached hydrogen (secondary N) is 1. The lowest BCUT2D eigenvalue weighted by molar-refractivity contribution is 0.536. The lowest BCUT2D eigenvalue weighted by Gasteiger charge is -2.13. The molecule has 3 nitrogen and oxygen atoms in total. The molecule has 1 unspecified atom stereocenters. The third-order valence-electron chi connectivity index (χ3n) is 3.12. The summed E-state index contributed by atoms with van der Waals surface area (Å²) in [4.78, 5) is 4.29. The van der Waals surface area contributed by atoms with E-state index in [1.165, 1.54) is 12.8 Å². The van der Waals surface area contributed by atoms with E-state index in [4.69, 9.17) is 5.73 Å². The molecule has 1 saturated carbocycles. The van der Waals surface area contributed by atoms with Crippen LogP contribution in [0.2, 0.25) is 0 Å². The zero-order valence-electron chi connectivity index (χ0n) is 9.46. The van der Waals surface area contributed by atoms with Crippen LogP contribution in [0.3, 0.4) is 0 Å².